The number of hydrogen-bond donors (Lipinski definition) is 0. The van der Waals surface area contributed by atoms with Gasteiger partial charge in [0.05, 0.1) is 19.5 Å². The minimum atomic E-state index is -3.86. The molecule has 0 aromatic rings. The molecule has 156 valence electrons. The van der Waals surface area contributed by atoms with Crippen LogP contribution >= 0.6 is 0 Å². The van der Waals surface area contributed by atoms with Crippen molar-refractivity contribution in [3.63, 3.8) is 0 Å². The van der Waals surface area contributed by atoms with Crippen molar-refractivity contribution in [1.82, 2.24) is 4.90 Å². The number of carbonyl (C=O) groups excluding carboxylic acids is 4. The third-order valence-electron chi connectivity index (χ3n) is 4.20. The van der Waals surface area contributed by atoms with Gasteiger partial charge in [-0.2, -0.15) is 0 Å². The van der Waals surface area contributed by atoms with E-state index in [1.807, 2.05) is 0 Å². The minimum absolute atomic E-state index is 0.0224. The summed E-state index contributed by atoms with van der Waals surface area (Å²) in [6.45, 7) is 0.502. The summed E-state index contributed by atoms with van der Waals surface area (Å²) >= 11 is 0. The molecule has 0 aromatic carbocycles. The van der Waals surface area contributed by atoms with Gasteiger partial charge in [-0.25, -0.2) is 13.2 Å². The summed E-state index contributed by atoms with van der Waals surface area (Å²) < 4.78 is 44.3. The molecule has 0 radical (unpaired) electrons. The van der Waals surface area contributed by atoms with Crippen molar-refractivity contribution >= 4 is 33.7 Å². The Kier molecular flexibility index (Phi) is 6.77. The van der Waals surface area contributed by atoms with Crippen LogP contribution in [0.2, 0.25) is 0 Å². The fourth-order valence-electron chi connectivity index (χ4n) is 2.90. The molecule has 1 saturated heterocycles. The number of hydrogen-bond acceptors (Lipinski definition) is 10. The molecule has 0 N–H and O–H groups in total. The molecule has 0 spiro atoms. The SMILES string of the molecule is COC(=O)CCCOC(=O)C1=C(COC(C)=O)CS(=O)(=O)[C@@H]2[C@@H](OC)C(=O)N12. The maximum absolute atomic E-state index is 12.5. The minimum Gasteiger partial charge on any atom is -0.469 e. The Balaban J connectivity index is 2.25. The van der Waals surface area contributed by atoms with Crippen molar-refractivity contribution in [2.45, 2.75) is 31.2 Å². The maximum Gasteiger partial charge on any atom is 0.355 e. The van der Waals surface area contributed by atoms with Crippen LogP contribution in [-0.4, -0.2) is 81.8 Å². The highest BCUT2D eigenvalue weighted by molar-refractivity contribution is 7.92. The number of esters is 3. The molecule has 0 unspecified atom stereocenters. The quantitative estimate of drug-likeness (QED) is 0.206. The normalized spacial score (nSPS) is 22.8. The third kappa shape index (κ3) is 4.33. The van der Waals surface area contributed by atoms with Crippen LogP contribution in [0.1, 0.15) is 19.8 Å². The number of carbonyl (C=O) groups is 4. The average Bonchev–Trinajstić information content (AvgIpc) is 2.63. The van der Waals surface area contributed by atoms with Crippen LogP contribution in [0.5, 0.6) is 0 Å². The van der Waals surface area contributed by atoms with E-state index < -0.39 is 57.5 Å². The molecule has 2 heterocycles. The summed E-state index contributed by atoms with van der Waals surface area (Å²) in [7, 11) is -1.44. The zero-order valence-electron chi connectivity index (χ0n) is 15.6. The number of rotatable bonds is 8. The van der Waals surface area contributed by atoms with Crippen LogP contribution in [0, 0.1) is 0 Å². The molecule has 2 rings (SSSR count). The van der Waals surface area contributed by atoms with Crippen LogP contribution in [-0.2, 0) is 48.0 Å². The molecule has 0 aliphatic carbocycles. The van der Waals surface area contributed by atoms with E-state index in [1.165, 1.54) is 14.2 Å². The summed E-state index contributed by atoms with van der Waals surface area (Å²) in [6.07, 6.45) is -1.02. The van der Waals surface area contributed by atoms with E-state index in [0.29, 0.717) is 0 Å². The summed E-state index contributed by atoms with van der Waals surface area (Å²) in [6, 6.07) is 0. The zero-order valence-corrected chi connectivity index (χ0v) is 16.4. The van der Waals surface area contributed by atoms with Gasteiger partial charge in [-0.15, -0.1) is 0 Å². The van der Waals surface area contributed by atoms with Gasteiger partial charge >= 0.3 is 17.9 Å². The van der Waals surface area contributed by atoms with Crippen molar-refractivity contribution in [2.24, 2.45) is 0 Å². The molecule has 0 saturated carbocycles. The first kappa shape index (κ1) is 21.8. The van der Waals surface area contributed by atoms with Gasteiger partial charge < -0.3 is 18.9 Å². The van der Waals surface area contributed by atoms with Crippen molar-refractivity contribution in [2.75, 3.05) is 33.2 Å². The second-order valence-corrected chi connectivity index (χ2v) is 8.21. The molecule has 2 atom stereocenters. The Hall–Kier alpha value is -2.47. The first-order valence-corrected chi connectivity index (χ1v) is 10.0. The molecule has 1 fully saturated rings. The van der Waals surface area contributed by atoms with Gasteiger partial charge in [0.25, 0.3) is 5.91 Å². The van der Waals surface area contributed by atoms with Gasteiger partial charge in [0.15, 0.2) is 21.3 Å². The van der Waals surface area contributed by atoms with Gasteiger partial charge in [-0.1, -0.05) is 0 Å². The van der Waals surface area contributed by atoms with Gasteiger partial charge in [0, 0.05) is 26.0 Å². The van der Waals surface area contributed by atoms with E-state index in [4.69, 9.17) is 14.2 Å². The highest BCUT2D eigenvalue weighted by Crippen LogP contribution is 2.38. The second-order valence-electron chi connectivity index (χ2n) is 6.11. The predicted octanol–water partition coefficient (Wildman–Crippen LogP) is -1.09. The average molecular weight is 419 g/mol. The summed E-state index contributed by atoms with van der Waals surface area (Å²) in [5, 5.41) is -1.34. The molecule has 0 bridgehead atoms. The molecule has 0 aromatic heterocycles. The van der Waals surface area contributed by atoms with Crippen LogP contribution in [0.25, 0.3) is 0 Å². The lowest BCUT2D eigenvalue weighted by Crippen LogP contribution is -2.70. The summed E-state index contributed by atoms with van der Waals surface area (Å²) in [4.78, 5) is 47.8. The van der Waals surface area contributed by atoms with E-state index in [2.05, 4.69) is 4.74 Å². The van der Waals surface area contributed by atoms with Crippen LogP contribution in [0.15, 0.2) is 11.3 Å². The lowest BCUT2D eigenvalue weighted by Gasteiger charge is -2.48. The maximum atomic E-state index is 12.5. The van der Waals surface area contributed by atoms with Gasteiger partial charge in [-0.3, -0.25) is 19.3 Å². The first-order chi connectivity index (χ1) is 13.1. The standard InChI is InChI=1S/C16H21NO10S/c1-9(18)27-7-10-8-28(22,23)15-13(25-3)14(20)17(15)12(10)16(21)26-6-4-5-11(19)24-2/h13,15H,4-8H2,1-3H3/t13-,15+/m0/s1. The number of β-lactam (4-membered cyclic amide) rings is 1. The summed E-state index contributed by atoms with van der Waals surface area (Å²) in [5.74, 6) is -3.40. The lowest BCUT2D eigenvalue weighted by molar-refractivity contribution is -0.164. The van der Waals surface area contributed by atoms with Gasteiger partial charge in [0.1, 0.15) is 12.3 Å². The monoisotopic (exact) mass is 419 g/mol. The molecule has 2 aliphatic heterocycles. The Bertz CT molecular complexity index is 815. The van der Waals surface area contributed by atoms with Crippen LogP contribution in [0.4, 0.5) is 0 Å². The predicted molar refractivity (Wildman–Crippen MR) is 91.1 cm³/mol. The van der Waals surface area contributed by atoms with Gasteiger partial charge in [-0.05, 0) is 6.42 Å². The van der Waals surface area contributed by atoms with E-state index >= 15 is 0 Å². The third-order valence-corrected chi connectivity index (χ3v) is 6.14. The number of amides is 1. The van der Waals surface area contributed by atoms with Crippen molar-refractivity contribution in [3.8, 4) is 0 Å². The van der Waals surface area contributed by atoms with Crippen molar-refractivity contribution in [3.05, 3.63) is 11.3 Å². The molecule has 2 aliphatic rings. The van der Waals surface area contributed by atoms with Crippen LogP contribution in [0.3, 0.4) is 0 Å². The van der Waals surface area contributed by atoms with Gasteiger partial charge in [0.2, 0.25) is 0 Å². The highest BCUT2D eigenvalue weighted by Gasteiger charge is 2.60. The Morgan fingerprint density at radius 1 is 1.18 bits per heavy atom. The lowest BCUT2D eigenvalue weighted by atomic mass is 10.1. The molecule has 1 amide bonds. The largest absolute Gasteiger partial charge is 0.469 e. The number of nitrogens with zero attached hydrogens (tertiary/aromatic N) is 1. The zero-order chi connectivity index (χ0) is 21.1. The van der Waals surface area contributed by atoms with E-state index in [0.717, 1.165) is 11.8 Å². The van der Waals surface area contributed by atoms with E-state index in [-0.39, 0.29) is 30.7 Å². The fourth-order valence-corrected chi connectivity index (χ4v) is 4.91. The molecule has 12 heteroatoms. The summed E-state index contributed by atoms with van der Waals surface area (Å²) in [5.41, 5.74) is -0.343. The molecule has 28 heavy (non-hydrogen) atoms. The molecular weight excluding hydrogens is 398 g/mol. The van der Waals surface area contributed by atoms with E-state index in [1.54, 1.807) is 0 Å². The Morgan fingerprint density at radius 2 is 1.86 bits per heavy atom. The smallest absolute Gasteiger partial charge is 0.355 e. The Morgan fingerprint density at radius 3 is 2.43 bits per heavy atom. The molecular formula is C16H21NO10S. The second kappa shape index (κ2) is 8.69. The van der Waals surface area contributed by atoms with Crippen molar-refractivity contribution < 1.29 is 46.5 Å². The Labute approximate surface area is 161 Å². The molecule has 11 nitrogen and oxygen atoms in total. The fraction of sp³-hybridized carbons (Fsp3) is 0.625. The number of sulfone groups is 1. The van der Waals surface area contributed by atoms with Crippen molar-refractivity contribution in [1.29, 1.82) is 0 Å². The topological polar surface area (TPSA) is 143 Å². The number of fused-ring (bicyclic) bond motifs is 1. The first-order valence-electron chi connectivity index (χ1n) is 8.30. The van der Waals surface area contributed by atoms with Crippen LogP contribution < -0.4 is 0 Å². The van der Waals surface area contributed by atoms with E-state index in [9.17, 15) is 27.6 Å². The number of ether oxygens (including phenoxy) is 4. The highest BCUT2D eigenvalue weighted by atomic mass is 32.2. The number of methoxy groups -OCH3 is 2.